The van der Waals surface area contributed by atoms with Gasteiger partial charge in [0.2, 0.25) is 0 Å². The topological polar surface area (TPSA) is 71.8 Å². The molecule has 104 valence electrons. The molecular formula is C12H15BrN2O4. The number of esters is 1. The van der Waals surface area contributed by atoms with Gasteiger partial charge in [0, 0.05) is 19.6 Å². The maximum atomic E-state index is 12.3. The summed E-state index contributed by atoms with van der Waals surface area (Å²) in [6.07, 6.45) is 0. The Morgan fingerprint density at radius 2 is 2.37 bits per heavy atom. The Morgan fingerprint density at radius 1 is 1.58 bits per heavy atom. The van der Waals surface area contributed by atoms with Crippen LogP contribution in [0.5, 0.6) is 0 Å². The van der Waals surface area contributed by atoms with Gasteiger partial charge >= 0.3 is 5.97 Å². The normalized spacial score (nSPS) is 19.3. The molecule has 0 aliphatic carbocycles. The average molecular weight is 331 g/mol. The van der Waals surface area contributed by atoms with Crippen molar-refractivity contribution in [3.05, 3.63) is 22.6 Å². The number of amides is 1. The minimum Gasteiger partial charge on any atom is -0.464 e. The van der Waals surface area contributed by atoms with E-state index in [9.17, 15) is 9.59 Å². The zero-order valence-electron chi connectivity index (χ0n) is 10.5. The van der Waals surface area contributed by atoms with Gasteiger partial charge < -0.3 is 19.4 Å². The van der Waals surface area contributed by atoms with E-state index < -0.39 is 12.0 Å². The maximum absolute atomic E-state index is 12.3. The van der Waals surface area contributed by atoms with E-state index in [1.165, 1.54) is 4.90 Å². The van der Waals surface area contributed by atoms with Gasteiger partial charge in [-0.1, -0.05) is 0 Å². The molecule has 0 saturated carbocycles. The highest BCUT2D eigenvalue weighted by molar-refractivity contribution is 9.10. The van der Waals surface area contributed by atoms with Crippen molar-refractivity contribution in [3.8, 4) is 0 Å². The van der Waals surface area contributed by atoms with Crippen molar-refractivity contribution in [3.63, 3.8) is 0 Å². The largest absolute Gasteiger partial charge is 0.464 e. The Kier molecular flexibility index (Phi) is 4.60. The third-order valence-electron chi connectivity index (χ3n) is 2.85. The van der Waals surface area contributed by atoms with Crippen LogP contribution in [0.4, 0.5) is 0 Å². The molecule has 0 aromatic carbocycles. The number of piperazine rings is 1. The van der Waals surface area contributed by atoms with Gasteiger partial charge in [0.05, 0.1) is 6.61 Å². The van der Waals surface area contributed by atoms with Crippen molar-refractivity contribution >= 4 is 27.8 Å². The summed E-state index contributed by atoms with van der Waals surface area (Å²) in [4.78, 5) is 25.6. The molecule has 1 amide bonds. The summed E-state index contributed by atoms with van der Waals surface area (Å²) in [6.45, 7) is 3.52. The maximum Gasteiger partial charge on any atom is 0.330 e. The molecule has 1 fully saturated rings. The number of nitrogens with one attached hydrogen (secondary N) is 1. The van der Waals surface area contributed by atoms with Crippen molar-refractivity contribution < 1.29 is 18.7 Å². The zero-order valence-corrected chi connectivity index (χ0v) is 12.1. The predicted octanol–water partition coefficient (Wildman–Crippen LogP) is 1.02. The van der Waals surface area contributed by atoms with Crippen LogP contribution < -0.4 is 5.32 Å². The van der Waals surface area contributed by atoms with E-state index in [0.717, 1.165) is 0 Å². The Labute approximate surface area is 119 Å². The Bertz CT molecular complexity index is 474. The van der Waals surface area contributed by atoms with E-state index in [0.29, 0.717) is 30.9 Å². The van der Waals surface area contributed by atoms with Crippen molar-refractivity contribution in [2.75, 3.05) is 26.2 Å². The molecule has 1 aromatic rings. The SMILES string of the molecule is CCOC(=O)C1CNCCN1C(=O)c1ccc(Br)o1. The molecule has 0 spiro atoms. The molecule has 7 heteroatoms. The lowest BCUT2D eigenvalue weighted by molar-refractivity contribution is -0.149. The van der Waals surface area contributed by atoms with E-state index in [1.54, 1.807) is 19.1 Å². The van der Waals surface area contributed by atoms with Crippen LogP contribution in [0, 0.1) is 0 Å². The molecule has 1 aromatic heterocycles. The van der Waals surface area contributed by atoms with Crippen LogP contribution >= 0.6 is 15.9 Å². The minimum atomic E-state index is -0.606. The molecule has 2 rings (SSSR count). The summed E-state index contributed by atoms with van der Waals surface area (Å²) < 4.78 is 10.7. The molecule has 1 aliphatic rings. The quantitative estimate of drug-likeness (QED) is 0.838. The second-order valence-electron chi connectivity index (χ2n) is 4.07. The van der Waals surface area contributed by atoms with Crippen LogP contribution in [0.2, 0.25) is 0 Å². The van der Waals surface area contributed by atoms with Crippen LogP contribution in [-0.4, -0.2) is 49.1 Å². The first-order valence-electron chi connectivity index (χ1n) is 6.07. The van der Waals surface area contributed by atoms with E-state index in [-0.39, 0.29) is 11.7 Å². The average Bonchev–Trinajstić information content (AvgIpc) is 2.85. The molecular weight excluding hydrogens is 316 g/mol. The minimum absolute atomic E-state index is 0.211. The van der Waals surface area contributed by atoms with Crippen LogP contribution in [0.15, 0.2) is 21.2 Å². The van der Waals surface area contributed by atoms with Gasteiger partial charge in [0.1, 0.15) is 6.04 Å². The number of rotatable bonds is 3. The Hall–Kier alpha value is -1.34. The van der Waals surface area contributed by atoms with Gasteiger partial charge in [-0.05, 0) is 35.0 Å². The lowest BCUT2D eigenvalue weighted by Gasteiger charge is -2.33. The zero-order chi connectivity index (χ0) is 13.8. The first-order chi connectivity index (χ1) is 9.13. The first kappa shape index (κ1) is 14.1. The molecule has 1 aliphatic heterocycles. The lowest BCUT2D eigenvalue weighted by atomic mass is 10.2. The highest BCUT2D eigenvalue weighted by Gasteiger charge is 2.34. The number of ether oxygens (including phenoxy) is 1. The number of carbonyl (C=O) groups is 2. The lowest BCUT2D eigenvalue weighted by Crippen LogP contribution is -2.57. The van der Waals surface area contributed by atoms with Crippen LogP contribution in [0.25, 0.3) is 0 Å². The Morgan fingerprint density at radius 3 is 3.00 bits per heavy atom. The molecule has 6 nitrogen and oxygen atoms in total. The van der Waals surface area contributed by atoms with Gasteiger partial charge in [-0.15, -0.1) is 0 Å². The van der Waals surface area contributed by atoms with E-state index in [1.807, 2.05) is 0 Å². The monoisotopic (exact) mass is 330 g/mol. The number of furan rings is 1. The van der Waals surface area contributed by atoms with Crippen molar-refractivity contribution in [1.82, 2.24) is 10.2 Å². The molecule has 1 N–H and O–H groups in total. The number of halogens is 1. The van der Waals surface area contributed by atoms with Crippen molar-refractivity contribution in [1.29, 1.82) is 0 Å². The Balaban J connectivity index is 2.15. The smallest absolute Gasteiger partial charge is 0.330 e. The molecule has 1 unspecified atom stereocenters. The van der Waals surface area contributed by atoms with Crippen molar-refractivity contribution in [2.24, 2.45) is 0 Å². The predicted molar refractivity (Wildman–Crippen MR) is 70.7 cm³/mol. The summed E-state index contributed by atoms with van der Waals surface area (Å²) in [5.74, 6) is -0.484. The van der Waals surface area contributed by atoms with E-state index in [4.69, 9.17) is 9.15 Å². The van der Waals surface area contributed by atoms with E-state index >= 15 is 0 Å². The number of carbonyl (C=O) groups excluding carboxylic acids is 2. The third kappa shape index (κ3) is 3.16. The van der Waals surface area contributed by atoms with Crippen LogP contribution in [0.3, 0.4) is 0 Å². The van der Waals surface area contributed by atoms with Gasteiger partial charge in [-0.3, -0.25) is 4.79 Å². The highest BCUT2D eigenvalue weighted by Crippen LogP contribution is 2.18. The fourth-order valence-electron chi connectivity index (χ4n) is 1.97. The third-order valence-corrected chi connectivity index (χ3v) is 3.27. The molecule has 2 heterocycles. The second kappa shape index (κ2) is 6.21. The number of hydrogen-bond acceptors (Lipinski definition) is 5. The summed E-state index contributed by atoms with van der Waals surface area (Å²) in [7, 11) is 0. The standard InChI is InChI=1S/C12H15BrN2O4/c1-2-18-12(17)8-7-14-5-6-15(8)11(16)9-3-4-10(13)19-9/h3-4,8,14H,2,5-7H2,1H3. The fraction of sp³-hybridized carbons (Fsp3) is 0.500. The summed E-state index contributed by atoms with van der Waals surface area (Å²) in [5, 5.41) is 3.08. The van der Waals surface area contributed by atoms with Crippen LogP contribution in [-0.2, 0) is 9.53 Å². The molecule has 1 atom stereocenters. The summed E-state index contributed by atoms with van der Waals surface area (Å²) >= 11 is 3.15. The molecule has 19 heavy (non-hydrogen) atoms. The fourth-order valence-corrected chi connectivity index (χ4v) is 2.27. The highest BCUT2D eigenvalue weighted by atomic mass is 79.9. The first-order valence-corrected chi connectivity index (χ1v) is 6.86. The molecule has 1 saturated heterocycles. The van der Waals surface area contributed by atoms with E-state index in [2.05, 4.69) is 21.2 Å². The van der Waals surface area contributed by atoms with Crippen LogP contribution in [0.1, 0.15) is 17.5 Å². The summed E-state index contributed by atoms with van der Waals surface area (Å²) in [5.41, 5.74) is 0. The van der Waals surface area contributed by atoms with Gasteiger partial charge in [-0.25, -0.2) is 4.79 Å². The van der Waals surface area contributed by atoms with Crippen molar-refractivity contribution in [2.45, 2.75) is 13.0 Å². The molecule has 0 radical (unpaired) electrons. The van der Waals surface area contributed by atoms with Gasteiger partial charge in [0.15, 0.2) is 10.4 Å². The second-order valence-corrected chi connectivity index (χ2v) is 4.86. The summed E-state index contributed by atoms with van der Waals surface area (Å²) in [6, 6.07) is 2.62. The van der Waals surface area contributed by atoms with Gasteiger partial charge in [0.25, 0.3) is 5.91 Å². The van der Waals surface area contributed by atoms with Gasteiger partial charge in [-0.2, -0.15) is 0 Å². The number of hydrogen-bond donors (Lipinski definition) is 1. The number of nitrogens with zero attached hydrogens (tertiary/aromatic N) is 1. The molecule has 0 bridgehead atoms.